The highest BCUT2D eigenvalue weighted by molar-refractivity contribution is 6.30. The summed E-state index contributed by atoms with van der Waals surface area (Å²) in [6.07, 6.45) is 1.47. The molecule has 3 nitrogen and oxygen atoms in total. The van der Waals surface area contributed by atoms with Gasteiger partial charge in [0.05, 0.1) is 5.02 Å². The average molecular weight is 169 g/mol. The van der Waals surface area contributed by atoms with Gasteiger partial charge in [-0.1, -0.05) is 11.6 Å². The fourth-order valence-corrected chi connectivity index (χ4v) is 0.666. The van der Waals surface area contributed by atoms with Gasteiger partial charge in [0.1, 0.15) is 6.07 Å². The molecule has 0 aliphatic carbocycles. The summed E-state index contributed by atoms with van der Waals surface area (Å²) in [6, 6.07) is 5.10. The molecule has 56 valence electrons. The molecule has 1 aromatic rings. The maximum atomic E-state index is 8.15. The van der Waals surface area contributed by atoms with E-state index in [0.29, 0.717) is 10.9 Å². The summed E-state index contributed by atoms with van der Waals surface area (Å²) < 4.78 is 4.88. The van der Waals surface area contributed by atoms with E-state index in [4.69, 9.17) is 21.6 Å². The lowest BCUT2D eigenvalue weighted by molar-refractivity contribution is 0.353. The molecule has 0 fully saturated rings. The smallest absolute Gasteiger partial charge is 0.214 e. The second-order valence-electron chi connectivity index (χ2n) is 1.76. The van der Waals surface area contributed by atoms with Gasteiger partial charge in [0, 0.05) is 12.3 Å². The largest absolute Gasteiger partial charge is 0.462 e. The van der Waals surface area contributed by atoms with Gasteiger partial charge in [-0.05, 0) is 6.07 Å². The Morgan fingerprint density at radius 1 is 1.64 bits per heavy atom. The molecular weight excluding hydrogens is 164 g/mol. The SMILES string of the molecule is N#CCOc1ccc(Cl)cn1. The van der Waals surface area contributed by atoms with Crippen molar-refractivity contribution in [1.82, 2.24) is 4.98 Å². The molecule has 0 atom stereocenters. The van der Waals surface area contributed by atoms with E-state index in [9.17, 15) is 0 Å². The molecule has 0 aliphatic rings. The van der Waals surface area contributed by atoms with Crippen molar-refractivity contribution in [3.05, 3.63) is 23.4 Å². The fourth-order valence-electron chi connectivity index (χ4n) is 0.554. The first-order valence-corrected chi connectivity index (χ1v) is 3.32. The van der Waals surface area contributed by atoms with Gasteiger partial charge in [-0.15, -0.1) is 0 Å². The lowest BCUT2D eigenvalue weighted by Crippen LogP contribution is -1.94. The summed E-state index contributed by atoms with van der Waals surface area (Å²) in [5, 5.41) is 8.70. The molecule has 11 heavy (non-hydrogen) atoms. The predicted molar refractivity (Wildman–Crippen MR) is 40.4 cm³/mol. The van der Waals surface area contributed by atoms with Crippen molar-refractivity contribution in [3.8, 4) is 11.9 Å². The van der Waals surface area contributed by atoms with Crippen LogP contribution >= 0.6 is 11.6 Å². The zero-order valence-electron chi connectivity index (χ0n) is 5.62. The van der Waals surface area contributed by atoms with E-state index in [1.165, 1.54) is 6.20 Å². The molecule has 0 bridgehead atoms. The van der Waals surface area contributed by atoms with Gasteiger partial charge in [-0.25, -0.2) is 4.98 Å². The van der Waals surface area contributed by atoms with Crippen LogP contribution in [0.3, 0.4) is 0 Å². The summed E-state index contributed by atoms with van der Waals surface area (Å²) in [4.78, 5) is 3.81. The van der Waals surface area contributed by atoms with E-state index in [0.717, 1.165) is 0 Å². The third-order valence-corrected chi connectivity index (χ3v) is 1.21. The fraction of sp³-hybridized carbons (Fsp3) is 0.143. The highest BCUT2D eigenvalue weighted by Gasteiger charge is 1.92. The van der Waals surface area contributed by atoms with Crippen molar-refractivity contribution in [1.29, 1.82) is 5.26 Å². The van der Waals surface area contributed by atoms with Crippen LogP contribution in [0.25, 0.3) is 0 Å². The number of ether oxygens (including phenoxy) is 1. The summed E-state index contributed by atoms with van der Waals surface area (Å²) in [7, 11) is 0. The number of halogens is 1. The molecule has 0 aliphatic heterocycles. The molecule has 0 unspecified atom stereocenters. The third-order valence-electron chi connectivity index (χ3n) is 0.985. The van der Waals surface area contributed by atoms with Gasteiger partial charge in [-0.3, -0.25) is 0 Å². The van der Waals surface area contributed by atoms with E-state index in [1.54, 1.807) is 12.1 Å². The zero-order valence-corrected chi connectivity index (χ0v) is 6.38. The zero-order chi connectivity index (χ0) is 8.10. The Balaban J connectivity index is 2.60. The quantitative estimate of drug-likeness (QED) is 0.675. The third kappa shape index (κ3) is 2.44. The summed E-state index contributed by atoms with van der Waals surface area (Å²) in [5.74, 6) is 0.413. The lowest BCUT2D eigenvalue weighted by atomic mass is 10.5. The molecule has 0 saturated carbocycles. The minimum Gasteiger partial charge on any atom is -0.462 e. The van der Waals surface area contributed by atoms with E-state index >= 15 is 0 Å². The normalized spacial score (nSPS) is 8.73. The number of hydrogen-bond donors (Lipinski definition) is 0. The highest BCUT2D eigenvalue weighted by atomic mass is 35.5. The van der Waals surface area contributed by atoms with Crippen LogP contribution in [0.5, 0.6) is 5.88 Å². The number of rotatable bonds is 2. The average Bonchev–Trinajstić information content (AvgIpc) is 2.04. The topological polar surface area (TPSA) is 45.9 Å². The number of hydrogen-bond acceptors (Lipinski definition) is 3. The van der Waals surface area contributed by atoms with Crippen molar-refractivity contribution < 1.29 is 4.74 Å². The second-order valence-corrected chi connectivity index (χ2v) is 2.20. The molecule has 0 spiro atoms. The van der Waals surface area contributed by atoms with Crippen LogP contribution in [0.2, 0.25) is 5.02 Å². The van der Waals surface area contributed by atoms with E-state index < -0.39 is 0 Å². The van der Waals surface area contributed by atoms with Crippen LogP contribution in [0.15, 0.2) is 18.3 Å². The van der Waals surface area contributed by atoms with Gasteiger partial charge < -0.3 is 4.74 Å². The molecule has 0 radical (unpaired) electrons. The van der Waals surface area contributed by atoms with Crippen molar-refractivity contribution in [2.24, 2.45) is 0 Å². The van der Waals surface area contributed by atoms with Crippen molar-refractivity contribution in [3.63, 3.8) is 0 Å². The Labute approximate surface area is 69.2 Å². The van der Waals surface area contributed by atoms with Gasteiger partial charge in [0.15, 0.2) is 6.61 Å². The minimum absolute atomic E-state index is 0.00856. The van der Waals surface area contributed by atoms with Crippen LogP contribution in [0, 0.1) is 11.3 Å². The Morgan fingerprint density at radius 2 is 2.45 bits per heavy atom. The van der Waals surface area contributed by atoms with Gasteiger partial charge in [0.25, 0.3) is 0 Å². The standard InChI is InChI=1S/C7H5ClN2O/c8-6-1-2-7(10-5-6)11-4-3-9/h1-2,5H,4H2. The second kappa shape index (κ2) is 3.79. The van der Waals surface area contributed by atoms with Crippen LogP contribution in [0.1, 0.15) is 0 Å². The molecule has 0 N–H and O–H groups in total. The molecule has 1 aromatic heterocycles. The number of aromatic nitrogens is 1. The lowest BCUT2D eigenvalue weighted by Gasteiger charge is -1.97. The van der Waals surface area contributed by atoms with Crippen LogP contribution in [-0.4, -0.2) is 11.6 Å². The van der Waals surface area contributed by atoms with Crippen LogP contribution in [-0.2, 0) is 0 Å². The van der Waals surface area contributed by atoms with E-state index in [1.807, 2.05) is 6.07 Å². The minimum atomic E-state index is 0.00856. The van der Waals surface area contributed by atoms with Gasteiger partial charge in [-0.2, -0.15) is 5.26 Å². The Kier molecular flexibility index (Phi) is 2.70. The van der Waals surface area contributed by atoms with Crippen molar-refractivity contribution in [2.75, 3.05) is 6.61 Å². The molecule has 1 rings (SSSR count). The first-order chi connectivity index (χ1) is 5.33. The summed E-state index contributed by atoms with van der Waals surface area (Å²) >= 11 is 5.56. The maximum absolute atomic E-state index is 8.15. The van der Waals surface area contributed by atoms with E-state index in [2.05, 4.69) is 4.98 Å². The maximum Gasteiger partial charge on any atom is 0.214 e. The first-order valence-electron chi connectivity index (χ1n) is 2.94. The number of nitriles is 1. The van der Waals surface area contributed by atoms with Gasteiger partial charge in [0.2, 0.25) is 5.88 Å². The monoisotopic (exact) mass is 168 g/mol. The van der Waals surface area contributed by atoms with Crippen molar-refractivity contribution >= 4 is 11.6 Å². The number of pyridine rings is 1. The molecule has 0 aromatic carbocycles. The molecule has 0 amide bonds. The molecular formula is C7H5ClN2O. The van der Waals surface area contributed by atoms with Crippen LogP contribution in [0.4, 0.5) is 0 Å². The van der Waals surface area contributed by atoms with Gasteiger partial charge >= 0.3 is 0 Å². The first kappa shape index (κ1) is 7.83. The molecule has 1 heterocycles. The molecule has 4 heteroatoms. The number of nitrogens with zero attached hydrogens (tertiary/aromatic N) is 2. The highest BCUT2D eigenvalue weighted by Crippen LogP contribution is 2.10. The van der Waals surface area contributed by atoms with Crippen LogP contribution < -0.4 is 4.74 Å². The van der Waals surface area contributed by atoms with Crippen molar-refractivity contribution in [2.45, 2.75) is 0 Å². The van der Waals surface area contributed by atoms with E-state index in [-0.39, 0.29) is 6.61 Å². The Morgan fingerprint density at radius 3 is 3.00 bits per heavy atom. The Bertz CT molecular complexity index is 265. The summed E-state index contributed by atoms with van der Waals surface area (Å²) in [6.45, 7) is 0.00856. The molecule has 0 saturated heterocycles. The Hall–Kier alpha value is -1.27. The summed E-state index contributed by atoms with van der Waals surface area (Å²) in [5.41, 5.74) is 0. The predicted octanol–water partition coefficient (Wildman–Crippen LogP) is 1.64.